The molecule has 1 heterocycles. The molecule has 0 saturated heterocycles. The maximum absolute atomic E-state index is 12.1. The summed E-state index contributed by atoms with van der Waals surface area (Å²) in [6.07, 6.45) is 4.31. The Balaban J connectivity index is 1.98. The number of aromatic nitrogens is 1. The van der Waals surface area contributed by atoms with Crippen LogP contribution < -0.4 is 5.32 Å². The minimum absolute atomic E-state index is 0.350. The summed E-state index contributed by atoms with van der Waals surface area (Å²) >= 11 is 0. The molecular formula is C14H19N3O3. The van der Waals surface area contributed by atoms with Gasteiger partial charge in [-0.05, 0) is 25.0 Å². The lowest BCUT2D eigenvalue weighted by molar-refractivity contribution is -0.144. The molecule has 1 fully saturated rings. The van der Waals surface area contributed by atoms with E-state index in [-0.39, 0.29) is 6.03 Å². The topological polar surface area (TPSA) is 82.5 Å². The summed E-state index contributed by atoms with van der Waals surface area (Å²) in [4.78, 5) is 29.1. The Kier molecular flexibility index (Phi) is 4.22. The Morgan fingerprint density at radius 2 is 2.10 bits per heavy atom. The number of carboxylic acid groups (broad SMARTS) is 1. The van der Waals surface area contributed by atoms with Gasteiger partial charge in [0.05, 0.1) is 12.2 Å². The summed E-state index contributed by atoms with van der Waals surface area (Å²) in [6.45, 7) is 0.350. The fourth-order valence-corrected chi connectivity index (χ4v) is 2.48. The summed E-state index contributed by atoms with van der Waals surface area (Å²) in [5.41, 5.74) is -0.337. The Morgan fingerprint density at radius 1 is 1.40 bits per heavy atom. The molecule has 2 amide bonds. The van der Waals surface area contributed by atoms with Gasteiger partial charge in [-0.2, -0.15) is 0 Å². The van der Waals surface area contributed by atoms with Gasteiger partial charge in [0, 0.05) is 13.2 Å². The van der Waals surface area contributed by atoms with Crippen LogP contribution in [-0.2, 0) is 11.3 Å². The van der Waals surface area contributed by atoms with Gasteiger partial charge < -0.3 is 15.3 Å². The number of urea groups is 1. The fourth-order valence-electron chi connectivity index (χ4n) is 2.48. The molecule has 2 N–H and O–H groups in total. The molecule has 6 heteroatoms. The van der Waals surface area contributed by atoms with Gasteiger partial charge in [0.25, 0.3) is 0 Å². The molecule has 0 aromatic carbocycles. The van der Waals surface area contributed by atoms with E-state index in [1.165, 1.54) is 4.90 Å². The molecule has 1 aliphatic rings. The molecule has 2 rings (SSSR count). The van der Waals surface area contributed by atoms with Crippen molar-refractivity contribution < 1.29 is 14.7 Å². The SMILES string of the molecule is CN(Cc1ccccn1)C(=O)NC1(C(=O)O)CCCC1. The first-order valence-corrected chi connectivity index (χ1v) is 6.70. The standard InChI is InChI=1S/C14H19N3O3/c1-17(10-11-6-2-5-9-15-11)13(20)16-14(12(18)19)7-3-4-8-14/h2,5-6,9H,3-4,7-8,10H2,1H3,(H,16,20)(H,18,19). The lowest BCUT2D eigenvalue weighted by Gasteiger charge is -2.28. The van der Waals surface area contributed by atoms with Crippen LogP contribution in [0.1, 0.15) is 31.4 Å². The van der Waals surface area contributed by atoms with Gasteiger partial charge in [0.1, 0.15) is 5.54 Å². The summed E-state index contributed by atoms with van der Waals surface area (Å²) in [7, 11) is 1.63. The normalized spacial score (nSPS) is 16.6. The van der Waals surface area contributed by atoms with Crippen molar-refractivity contribution in [2.45, 2.75) is 37.8 Å². The van der Waals surface area contributed by atoms with Crippen LogP contribution in [0, 0.1) is 0 Å². The van der Waals surface area contributed by atoms with E-state index < -0.39 is 11.5 Å². The number of carboxylic acids is 1. The van der Waals surface area contributed by atoms with Crippen molar-refractivity contribution in [3.05, 3.63) is 30.1 Å². The van der Waals surface area contributed by atoms with Crippen LogP contribution in [-0.4, -0.2) is 39.6 Å². The van der Waals surface area contributed by atoms with Crippen molar-refractivity contribution >= 4 is 12.0 Å². The monoisotopic (exact) mass is 277 g/mol. The van der Waals surface area contributed by atoms with Crippen molar-refractivity contribution in [3.63, 3.8) is 0 Å². The maximum Gasteiger partial charge on any atom is 0.329 e. The van der Waals surface area contributed by atoms with Crippen LogP contribution >= 0.6 is 0 Å². The van der Waals surface area contributed by atoms with E-state index >= 15 is 0 Å². The Hall–Kier alpha value is -2.11. The first kappa shape index (κ1) is 14.3. The van der Waals surface area contributed by atoms with Crippen LogP contribution in [0.3, 0.4) is 0 Å². The molecule has 6 nitrogen and oxygen atoms in total. The summed E-state index contributed by atoms with van der Waals surface area (Å²) in [5, 5.41) is 12.0. The van der Waals surface area contributed by atoms with E-state index in [1.54, 1.807) is 13.2 Å². The third-order valence-corrected chi connectivity index (χ3v) is 3.68. The van der Waals surface area contributed by atoms with E-state index in [4.69, 9.17) is 0 Å². The van der Waals surface area contributed by atoms with Gasteiger partial charge >= 0.3 is 12.0 Å². The Labute approximate surface area is 117 Å². The van der Waals surface area contributed by atoms with Crippen LogP contribution in [0.2, 0.25) is 0 Å². The number of nitrogens with zero attached hydrogens (tertiary/aromatic N) is 2. The molecule has 0 atom stereocenters. The molecule has 0 spiro atoms. The number of rotatable bonds is 4. The van der Waals surface area contributed by atoms with Crippen molar-refractivity contribution in [1.82, 2.24) is 15.2 Å². The first-order valence-electron chi connectivity index (χ1n) is 6.70. The van der Waals surface area contributed by atoms with Crippen molar-refractivity contribution in [2.75, 3.05) is 7.05 Å². The number of nitrogens with one attached hydrogen (secondary N) is 1. The summed E-state index contributed by atoms with van der Waals surface area (Å²) in [5.74, 6) is -0.949. The van der Waals surface area contributed by atoms with E-state index in [0.29, 0.717) is 19.4 Å². The number of hydrogen-bond donors (Lipinski definition) is 2. The highest BCUT2D eigenvalue weighted by molar-refractivity contribution is 5.86. The van der Waals surface area contributed by atoms with Gasteiger partial charge in [0.2, 0.25) is 0 Å². The highest BCUT2D eigenvalue weighted by atomic mass is 16.4. The van der Waals surface area contributed by atoms with Crippen molar-refractivity contribution in [1.29, 1.82) is 0 Å². The molecule has 1 aromatic rings. The average molecular weight is 277 g/mol. The van der Waals surface area contributed by atoms with Gasteiger partial charge in [0.15, 0.2) is 0 Å². The number of pyridine rings is 1. The predicted molar refractivity (Wildman–Crippen MR) is 73.1 cm³/mol. The van der Waals surface area contributed by atoms with Crippen LogP contribution in [0.15, 0.2) is 24.4 Å². The number of carbonyl (C=O) groups is 2. The third kappa shape index (κ3) is 3.07. The number of carbonyl (C=O) groups excluding carboxylic acids is 1. The van der Waals surface area contributed by atoms with E-state index in [1.807, 2.05) is 18.2 Å². The third-order valence-electron chi connectivity index (χ3n) is 3.68. The number of hydrogen-bond acceptors (Lipinski definition) is 3. The molecule has 1 saturated carbocycles. The quantitative estimate of drug-likeness (QED) is 0.876. The van der Waals surface area contributed by atoms with Crippen molar-refractivity contribution in [2.24, 2.45) is 0 Å². The fraction of sp³-hybridized carbons (Fsp3) is 0.500. The zero-order chi connectivity index (χ0) is 14.6. The van der Waals surface area contributed by atoms with E-state index in [0.717, 1.165) is 18.5 Å². The van der Waals surface area contributed by atoms with Crippen molar-refractivity contribution in [3.8, 4) is 0 Å². The molecule has 0 aliphatic heterocycles. The second kappa shape index (κ2) is 5.90. The highest BCUT2D eigenvalue weighted by Gasteiger charge is 2.43. The molecule has 1 aromatic heterocycles. The van der Waals surface area contributed by atoms with Gasteiger partial charge in [-0.25, -0.2) is 9.59 Å². The van der Waals surface area contributed by atoms with E-state index in [2.05, 4.69) is 10.3 Å². The Bertz CT molecular complexity index is 484. The highest BCUT2D eigenvalue weighted by Crippen LogP contribution is 2.30. The molecule has 108 valence electrons. The zero-order valence-corrected chi connectivity index (χ0v) is 11.5. The smallest absolute Gasteiger partial charge is 0.329 e. The minimum atomic E-state index is -1.10. The lowest BCUT2D eigenvalue weighted by Crippen LogP contribution is -2.55. The van der Waals surface area contributed by atoms with Gasteiger partial charge in [-0.1, -0.05) is 18.9 Å². The molecule has 0 radical (unpaired) electrons. The number of aliphatic carboxylic acids is 1. The second-order valence-corrected chi connectivity index (χ2v) is 5.20. The lowest BCUT2D eigenvalue weighted by atomic mass is 9.98. The molecule has 0 unspecified atom stereocenters. The van der Waals surface area contributed by atoms with Crippen LogP contribution in [0.5, 0.6) is 0 Å². The number of amides is 2. The molecule has 20 heavy (non-hydrogen) atoms. The predicted octanol–water partition coefficient (Wildman–Crippen LogP) is 1.62. The molecule has 0 bridgehead atoms. The molecule has 1 aliphatic carbocycles. The molecular weight excluding hydrogens is 258 g/mol. The summed E-state index contributed by atoms with van der Waals surface area (Å²) in [6, 6.07) is 5.11. The maximum atomic E-state index is 12.1. The second-order valence-electron chi connectivity index (χ2n) is 5.20. The Morgan fingerprint density at radius 3 is 2.65 bits per heavy atom. The van der Waals surface area contributed by atoms with E-state index in [9.17, 15) is 14.7 Å². The van der Waals surface area contributed by atoms with Gasteiger partial charge in [-0.3, -0.25) is 4.98 Å². The first-order chi connectivity index (χ1) is 9.53. The minimum Gasteiger partial charge on any atom is -0.480 e. The van der Waals surface area contributed by atoms with Crippen LogP contribution in [0.25, 0.3) is 0 Å². The average Bonchev–Trinajstić information content (AvgIpc) is 2.89. The van der Waals surface area contributed by atoms with Gasteiger partial charge in [-0.15, -0.1) is 0 Å². The summed E-state index contributed by atoms with van der Waals surface area (Å²) < 4.78 is 0. The van der Waals surface area contributed by atoms with Crippen LogP contribution in [0.4, 0.5) is 4.79 Å². The zero-order valence-electron chi connectivity index (χ0n) is 11.5. The largest absolute Gasteiger partial charge is 0.480 e.